The second-order valence-corrected chi connectivity index (χ2v) is 7.50. The molecular weight excluding hydrogens is 409 g/mol. The highest BCUT2D eigenvalue weighted by molar-refractivity contribution is 6.03. The number of aromatic nitrogens is 5. The summed E-state index contributed by atoms with van der Waals surface area (Å²) in [5.74, 6) is -0.571. The van der Waals surface area contributed by atoms with Crippen molar-refractivity contribution in [3.63, 3.8) is 0 Å². The summed E-state index contributed by atoms with van der Waals surface area (Å²) in [6.07, 6.45) is 0.523. The molecule has 0 unspecified atom stereocenters. The lowest BCUT2D eigenvalue weighted by atomic mass is 10.2. The maximum atomic E-state index is 13.5. The normalized spacial score (nSPS) is 14.2. The number of benzene rings is 1. The number of nitrogens with zero attached hydrogens (tertiary/aromatic N) is 5. The zero-order valence-electron chi connectivity index (χ0n) is 16.2. The van der Waals surface area contributed by atoms with E-state index in [0.29, 0.717) is 22.4 Å². The first-order chi connectivity index (χ1) is 14.9. The van der Waals surface area contributed by atoms with Crippen LogP contribution in [0.25, 0.3) is 5.65 Å². The Hall–Kier alpha value is -3.69. The molecule has 158 valence electrons. The highest BCUT2D eigenvalue weighted by Crippen LogP contribution is 2.41. The lowest BCUT2D eigenvalue weighted by Gasteiger charge is -2.10. The number of anilines is 1. The van der Waals surface area contributed by atoms with Crippen LogP contribution in [0.2, 0.25) is 0 Å². The fourth-order valence-electron chi connectivity index (χ4n) is 3.42. The Balaban J connectivity index is 1.42. The number of halogens is 3. The lowest BCUT2D eigenvalue weighted by molar-refractivity contribution is -0.142. The van der Waals surface area contributed by atoms with Crippen molar-refractivity contribution in [1.82, 2.24) is 24.4 Å². The molecule has 5 rings (SSSR count). The Bertz CT molecular complexity index is 1260. The molecule has 3 heterocycles. The topological polar surface area (TPSA) is 77.1 Å². The molecule has 0 atom stereocenters. The van der Waals surface area contributed by atoms with Crippen molar-refractivity contribution in [3.05, 3.63) is 77.5 Å². The minimum atomic E-state index is -4.61. The third-order valence-electron chi connectivity index (χ3n) is 5.05. The van der Waals surface area contributed by atoms with Crippen LogP contribution in [0.1, 0.15) is 46.2 Å². The smallest absolute Gasteiger partial charge is 0.321 e. The van der Waals surface area contributed by atoms with Gasteiger partial charge in [-0.15, -0.1) is 0 Å². The third kappa shape index (κ3) is 4.00. The van der Waals surface area contributed by atoms with E-state index in [9.17, 15) is 18.0 Å². The van der Waals surface area contributed by atoms with E-state index in [1.807, 2.05) is 18.3 Å². The number of hydrogen-bond donors (Lipinski definition) is 1. The summed E-state index contributed by atoms with van der Waals surface area (Å²) in [7, 11) is 0. The van der Waals surface area contributed by atoms with Gasteiger partial charge in [0, 0.05) is 35.8 Å². The van der Waals surface area contributed by atoms with Gasteiger partial charge >= 0.3 is 6.18 Å². The molecule has 0 aliphatic heterocycles. The fourth-order valence-corrected chi connectivity index (χ4v) is 3.42. The molecule has 1 amide bonds. The van der Waals surface area contributed by atoms with Gasteiger partial charge in [0.2, 0.25) is 0 Å². The zero-order chi connectivity index (χ0) is 21.6. The Morgan fingerprint density at radius 3 is 2.71 bits per heavy atom. The molecule has 0 radical (unpaired) electrons. The number of alkyl halides is 3. The number of carbonyl (C=O) groups is 1. The predicted molar refractivity (Wildman–Crippen MR) is 106 cm³/mol. The van der Waals surface area contributed by atoms with E-state index < -0.39 is 17.8 Å². The minimum absolute atomic E-state index is 0.00862. The van der Waals surface area contributed by atoms with Crippen LogP contribution in [0.15, 0.2) is 54.9 Å². The molecule has 7 nitrogen and oxygen atoms in total. The summed E-state index contributed by atoms with van der Waals surface area (Å²) < 4.78 is 43.1. The van der Waals surface area contributed by atoms with Crippen LogP contribution in [0.3, 0.4) is 0 Å². The van der Waals surface area contributed by atoms with E-state index in [2.05, 4.69) is 20.5 Å². The average Bonchev–Trinajstić information content (AvgIpc) is 3.27. The number of hydrogen-bond acceptors (Lipinski definition) is 4. The Morgan fingerprint density at radius 2 is 2.00 bits per heavy atom. The first-order valence-corrected chi connectivity index (χ1v) is 9.72. The second-order valence-electron chi connectivity index (χ2n) is 7.50. The molecule has 1 aliphatic carbocycles. The van der Waals surface area contributed by atoms with Crippen molar-refractivity contribution in [1.29, 1.82) is 0 Å². The standard InChI is InChI=1S/C21H17F3N6O/c22-21(23,24)18-10-16(14-5-6-14)27-19-11-17(28-30(18)19)20(31)26-15-4-1-3-13(9-15)12-29-8-2-7-25-29/h1-4,7-11,14H,5-6,12H2,(H,26,31). The SMILES string of the molecule is O=C(Nc1cccc(Cn2cccn2)c1)c1cc2nc(C3CC3)cc(C(F)(F)F)n2n1. The van der Waals surface area contributed by atoms with Gasteiger partial charge in [-0.05, 0) is 42.7 Å². The van der Waals surface area contributed by atoms with Gasteiger partial charge in [0.25, 0.3) is 5.91 Å². The highest BCUT2D eigenvalue weighted by atomic mass is 19.4. The number of carbonyl (C=O) groups excluding carboxylic acids is 1. The van der Waals surface area contributed by atoms with Crippen LogP contribution >= 0.6 is 0 Å². The summed E-state index contributed by atoms with van der Waals surface area (Å²) >= 11 is 0. The molecular formula is C21H17F3N6O. The van der Waals surface area contributed by atoms with Crippen molar-refractivity contribution >= 4 is 17.2 Å². The Morgan fingerprint density at radius 1 is 1.16 bits per heavy atom. The van der Waals surface area contributed by atoms with Crippen LogP contribution in [-0.2, 0) is 12.7 Å². The first-order valence-electron chi connectivity index (χ1n) is 9.72. The van der Waals surface area contributed by atoms with E-state index in [1.165, 1.54) is 6.07 Å². The van der Waals surface area contributed by atoms with Gasteiger partial charge in [-0.1, -0.05) is 12.1 Å². The van der Waals surface area contributed by atoms with E-state index in [4.69, 9.17) is 0 Å². The average molecular weight is 426 g/mol. The van der Waals surface area contributed by atoms with Crippen LogP contribution < -0.4 is 5.32 Å². The fraction of sp³-hybridized carbons (Fsp3) is 0.238. The monoisotopic (exact) mass is 426 g/mol. The van der Waals surface area contributed by atoms with Crippen molar-refractivity contribution in [3.8, 4) is 0 Å². The largest absolute Gasteiger partial charge is 0.433 e. The van der Waals surface area contributed by atoms with E-state index in [-0.39, 0.29) is 17.3 Å². The number of nitrogens with one attached hydrogen (secondary N) is 1. The van der Waals surface area contributed by atoms with E-state index in [0.717, 1.165) is 24.5 Å². The molecule has 31 heavy (non-hydrogen) atoms. The first kappa shape index (κ1) is 19.3. The van der Waals surface area contributed by atoms with Gasteiger partial charge in [-0.2, -0.15) is 23.4 Å². The van der Waals surface area contributed by atoms with Crippen molar-refractivity contribution in [2.24, 2.45) is 0 Å². The van der Waals surface area contributed by atoms with Gasteiger partial charge in [0.05, 0.1) is 6.54 Å². The van der Waals surface area contributed by atoms with Crippen molar-refractivity contribution in [2.45, 2.75) is 31.5 Å². The molecule has 0 saturated heterocycles. The van der Waals surface area contributed by atoms with Crippen LogP contribution in [0.4, 0.5) is 18.9 Å². The van der Waals surface area contributed by atoms with Gasteiger partial charge < -0.3 is 5.32 Å². The van der Waals surface area contributed by atoms with Crippen molar-refractivity contribution in [2.75, 3.05) is 5.32 Å². The summed E-state index contributed by atoms with van der Waals surface area (Å²) in [5.41, 5.74) is 0.747. The minimum Gasteiger partial charge on any atom is -0.321 e. The Kier molecular flexibility index (Phi) is 4.49. The number of fused-ring (bicyclic) bond motifs is 1. The molecule has 1 N–H and O–H groups in total. The highest BCUT2D eigenvalue weighted by Gasteiger charge is 2.37. The quantitative estimate of drug-likeness (QED) is 0.521. The maximum absolute atomic E-state index is 13.5. The molecule has 0 bridgehead atoms. The molecule has 4 aromatic rings. The Labute approximate surface area is 174 Å². The third-order valence-corrected chi connectivity index (χ3v) is 5.05. The predicted octanol–water partition coefficient (Wildman–Crippen LogP) is 4.12. The van der Waals surface area contributed by atoms with E-state index in [1.54, 1.807) is 29.1 Å². The molecule has 3 aromatic heterocycles. The number of rotatable bonds is 5. The molecule has 1 saturated carbocycles. The molecule has 1 aromatic carbocycles. The second kappa shape index (κ2) is 7.22. The zero-order valence-corrected chi connectivity index (χ0v) is 16.2. The molecule has 1 fully saturated rings. The lowest BCUT2D eigenvalue weighted by Crippen LogP contribution is -2.16. The summed E-state index contributed by atoms with van der Waals surface area (Å²) in [5, 5.41) is 10.7. The van der Waals surface area contributed by atoms with Gasteiger partial charge in [0.15, 0.2) is 11.3 Å². The number of amides is 1. The van der Waals surface area contributed by atoms with E-state index >= 15 is 0 Å². The van der Waals surface area contributed by atoms with Crippen LogP contribution in [0, 0.1) is 0 Å². The van der Waals surface area contributed by atoms with Crippen LogP contribution in [0.5, 0.6) is 0 Å². The molecule has 0 spiro atoms. The molecule has 10 heteroatoms. The van der Waals surface area contributed by atoms with Gasteiger partial charge in [0.1, 0.15) is 5.69 Å². The summed E-state index contributed by atoms with van der Waals surface area (Å²) in [4.78, 5) is 17.0. The summed E-state index contributed by atoms with van der Waals surface area (Å²) in [6, 6.07) is 11.3. The van der Waals surface area contributed by atoms with Gasteiger partial charge in [-0.3, -0.25) is 9.48 Å². The summed E-state index contributed by atoms with van der Waals surface area (Å²) in [6.45, 7) is 0.522. The maximum Gasteiger partial charge on any atom is 0.433 e. The van der Waals surface area contributed by atoms with Gasteiger partial charge in [-0.25, -0.2) is 9.50 Å². The molecule has 1 aliphatic rings. The van der Waals surface area contributed by atoms with Crippen molar-refractivity contribution < 1.29 is 18.0 Å². The van der Waals surface area contributed by atoms with Crippen LogP contribution in [-0.4, -0.2) is 30.3 Å².